The van der Waals surface area contributed by atoms with Gasteiger partial charge >= 0.3 is 0 Å². The van der Waals surface area contributed by atoms with Crippen molar-refractivity contribution in [2.24, 2.45) is 0 Å². The lowest BCUT2D eigenvalue weighted by atomic mass is 9.98. The molecule has 0 radical (unpaired) electrons. The molecular weight excluding hydrogens is 338 g/mol. The Morgan fingerprint density at radius 2 is 1.81 bits per heavy atom. The predicted octanol–water partition coefficient (Wildman–Crippen LogP) is 5.46. The fraction of sp³-hybridized carbons (Fsp3) is 0.455. The largest absolute Gasteiger partial charge is 0.417 e. The number of rotatable bonds is 8. The van der Waals surface area contributed by atoms with E-state index in [0.29, 0.717) is 6.42 Å². The lowest BCUT2D eigenvalue weighted by molar-refractivity contribution is 0.0991. The molecular formula is C22H31NO2Si. The van der Waals surface area contributed by atoms with Crippen molar-refractivity contribution in [1.82, 2.24) is 4.98 Å². The maximum absolute atomic E-state index is 12.7. The SMILES string of the molecule is CC(C)(C)[Si](C)(C)OCCCc1cnccc1C(=O)Cc1ccccc1. The van der Waals surface area contributed by atoms with Gasteiger partial charge in [-0.25, -0.2) is 0 Å². The van der Waals surface area contributed by atoms with Gasteiger partial charge in [-0.3, -0.25) is 9.78 Å². The maximum atomic E-state index is 12.7. The van der Waals surface area contributed by atoms with Gasteiger partial charge in [-0.05, 0) is 48.2 Å². The minimum absolute atomic E-state index is 0.152. The second-order valence-corrected chi connectivity index (χ2v) is 13.1. The Kier molecular flexibility index (Phi) is 6.90. The van der Waals surface area contributed by atoms with Crippen LogP contribution < -0.4 is 0 Å². The van der Waals surface area contributed by atoms with Gasteiger partial charge in [-0.1, -0.05) is 51.1 Å². The highest BCUT2D eigenvalue weighted by Gasteiger charge is 2.36. The molecule has 0 N–H and O–H groups in total. The van der Waals surface area contributed by atoms with Crippen molar-refractivity contribution in [3.8, 4) is 0 Å². The Hall–Kier alpha value is -1.78. The minimum atomic E-state index is -1.71. The molecule has 0 amide bonds. The Balaban J connectivity index is 1.96. The average Bonchev–Trinajstić information content (AvgIpc) is 2.59. The van der Waals surface area contributed by atoms with Crippen molar-refractivity contribution in [3.63, 3.8) is 0 Å². The Morgan fingerprint density at radius 3 is 2.46 bits per heavy atom. The second-order valence-electron chi connectivity index (χ2n) is 8.33. The van der Waals surface area contributed by atoms with Gasteiger partial charge < -0.3 is 4.43 Å². The molecule has 1 aromatic carbocycles. The summed E-state index contributed by atoms with van der Waals surface area (Å²) in [6.45, 7) is 12.0. The van der Waals surface area contributed by atoms with Gasteiger partial charge in [0, 0.05) is 31.0 Å². The van der Waals surface area contributed by atoms with Crippen molar-refractivity contribution in [3.05, 3.63) is 65.5 Å². The third kappa shape index (κ3) is 5.61. The third-order valence-corrected chi connectivity index (χ3v) is 9.81. The van der Waals surface area contributed by atoms with Crippen molar-refractivity contribution in [2.75, 3.05) is 6.61 Å². The summed E-state index contributed by atoms with van der Waals surface area (Å²) >= 11 is 0. The van der Waals surface area contributed by atoms with Crippen LogP contribution in [0, 0.1) is 0 Å². The topological polar surface area (TPSA) is 39.2 Å². The van der Waals surface area contributed by atoms with Crippen LogP contribution in [0.4, 0.5) is 0 Å². The molecule has 2 rings (SSSR count). The summed E-state index contributed by atoms with van der Waals surface area (Å²) in [6, 6.07) is 11.7. The molecule has 140 valence electrons. The van der Waals surface area contributed by atoms with E-state index in [9.17, 15) is 4.79 Å². The minimum Gasteiger partial charge on any atom is -0.417 e. The number of Topliss-reactive ketones (excluding diaryl/α,β-unsaturated/α-hetero) is 1. The number of aromatic nitrogens is 1. The lowest BCUT2D eigenvalue weighted by Crippen LogP contribution is -2.41. The van der Waals surface area contributed by atoms with E-state index in [0.717, 1.165) is 36.1 Å². The van der Waals surface area contributed by atoms with E-state index in [1.807, 2.05) is 42.6 Å². The number of hydrogen-bond donors (Lipinski definition) is 0. The molecule has 1 heterocycles. The van der Waals surface area contributed by atoms with Crippen LogP contribution in [-0.4, -0.2) is 25.7 Å². The van der Waals surface area contributed by atoms with Gasteiger partial charge in [-0.15, -0.1) is 0 Å². The van der Waals surface area contributed by atoms with E-state index in [2.05, 4.69) is 38.8 Å². The average molecular weight is 370 g/mol. The van der Waals surface area contributed by atoms with Gasteiger partial charge in [0.1, 0.15) is 0 Å². The first-order valence-electron chi connectivity index (χ1n) is 9.35. The first kappa shape index (κ1) is 20.5. The predicted molar refractivity (Wildman–Crippen MR) is 110 cm³/mol. The van der Waals surface area contributed by atoms with Crippen molar-refractivity contribution in [2.45, 2.75) is 58.2 Å². The highest BCUT2D eigenvalue weighted by Crippen LogP contribution is 2.36. The second kappa shape index (κ2) is 8.74. The highest BCUT2D eigenvalue weighted by atomic mass is 28.4. The molecule has 0 unspecified atom stereocenters. The number of benzene rings is 1. The number of nitrogens with zero attached hydrogens (tertiary/aromatic N) is 1. The molecule has 26 heavy (non-hydrogen) atoms. The lowest BCUT2D eigenvalue weighted by Gasteiger charge is -2.36. The zero-order valence-electron chi connectivity index (χ0n) is 16.7. The van der Waals surface area contributed by atoms with E-state index in [4.69, 9.17) is 4.43 Å². The van der Waals surface area contributed by atoms with Crippen LogP contribution in [-0.2, 0) is 17.3 Å². The van der Waals surface area contributed by atoms with Crippen LogP contribution in [0.3, 0.4) is 0 Å². The molecule has 0 fully saturated rings. The van der Waals surface area contributed by atoms with Gasteiger partial charge in [0.2, 0.25) is 0 Å². The normalized spacial score (nSPS) is 12.2. The molecule has 4 heteroatoms. The molecule has 0 aliphatic heterocycles. The number of pyridine rings is 1. The first-order chi connectivity index (χ1) is 12.2. The Bertz CT molecular complexity index is 720. The number of aryl methyl sites for hydroxylation is 1. The van der Waals surface area contributed by atoms with Crippen molar-refractivity contribution >= 4 is 14.1 Å². The molecule has 0 spiro atoms. The number of carbonyl (C=O) groups is 1. The van der Waals surface area contributed by atoms with Crippen molar-refractivity contribution < 1.29 is 9.22 Å². The summed E-state index contributed by atoms with van der Waals surface area (Å²) in [4.78, 5) is 16.9. The molecule has 0 saturated heterocycles. The molecule has 0 aliphatic rings. The van der Waals surface area contributed by atoms with E-state index in [1.54, 1.807) is 6.20 Å². The summed E-state index contributed by atoms with van der Waals surface area (Å²) in [6.07, 6.45) is 5.68. The van der Waals surface area contributed by atoms with Crippen LogP contribution in [0.15, 0.2) is 48.8 Å². The molecule has 0 bridgehead atoms. The maximum Gasteiger partial charge on any atom is 0.191 e. The van der Waals surface area contributed by atoms with Crippen LogP contribution >= 0.6 is 0 Å². The quantitative estimate of drug-likeness (QED) is 0.352. The van der Waals surface area contributed by atoms with Crippen LogP contribution in [0.2, 0.25) is 18.1 Å². The van der Waals surface area contributed by atoms with Gasteiger partial charge in [0.05, 0.1) is 0 Å². The van der Waals surface area contributed by atoms with Crippen LogP contribution in [0.5, 0.6) is 0 Å². The monoisotopic (exact) mass is 369 g/mol. The number of carbonyl (C=O) groups excluding carboxylic acids is 1. The molecule has 0 saturated carbocycles. The van der Waals surface area contributed by atoms with Gasteiger partial charge in [0.25, 0.3) is 0 Å². The summed E-state index contributed by atoms with van der Waals surface area (Å²) in [5, 5.41) is 0.220. The van der Waals surface area contributed by atoms with E-state index >= 15 is 0 Å². The van der Waals surface area contributed by atoms with E-state index in [1.165, 1.54) is 0 Å². The van der Waals surface area contributed by atoms with Crippen LogP contribution in [0.1, 0.15) is 48.7 Å². The fourth-order valence-corrected chi connectivity index (χ4v) is 3.67. The standard InChI is InChI=1S/C22H31NO2Si/c1-22(2,3)26(4,5)25-15-9-12-19-17-23-14-13-20(19)21(24)16-18-10-7-6-8-11-18/h6-8,10-11,13-14,17H,9,12,15-16H2,1-5H3. The Labute approximate surface area is 159 Å². The molecule has 0 atom stereocenters. The number of ketones is 1. The smallest absolute Gasteiger partial charge is 0.191 e. The summed E-state index contributed by atoms with van der Waals surface area (Å²) < 4.78 is 6.25. The fourth-order valence-electron chi connectivity index (χ4n) is 2.58. The molecule has 0 aliphatic carbocycles. The number of hydrogen-bond acceptors (Lipinski definition) is 3. The summed E-state index contributed by atoms with van der Waals surface area (Å²) in [5.74, 6) is 0.152. The van der Waals surface area contributed by atoms with Crippen molar-refractivity contribution in [1.29, 1.82) is 0 Å². The third-order valence-electron chi connectivity index (χ3n) is 5.27. The molecule has 2 aromatic rings. The molecule has 3 nitrogen and oxygen atoms in total. The Morgan fingerprint density at radius 1 is 1.12 bits per heavy atom. The summed E-state index contributed by atoms with van der Waals surface area (Å²) in [5.41, 5.74) is 2.85. The van der Waals surface area contributed by atoms with Gasteiger partial charge in [-0.2, -0.15) is 0 Å². The summed E-state index contributed by atoms with van der Waals surface area (Å²) in [7, 11) is -1.71. The van der Waals surface area contributed by atoms with E-state index in [-0.39, 0.29) is 10.8 Å². The molecule has 1 aromatic heterocycles. The van der Waals surface area contributed by atoms with Gasteiger partial charge in [0.15, 0.2) is 14.1 Å². The highest BCUT2D eigenvalue weighted by molar-refractivity contribution is 6.74. The first-order valence-corrected chi connectivity index (χ1v) is 12.3. The van der Waals surface area contributed by atoms with E-state index < -0.39 is 8.32 Å². The zero-order chi connectivity index (χ0) is 19.2. The van der Waals surface area contributed by atoms with Crippen LogP contribution in [0.25, 0.3) is 0 Å². The zero-order valence-corrected chi connectivity index (χ0v) is 17.7.